The van der Waals surface area contributed by atoms with Gasteiger partial charge >= 0.3 is 0 Å². The van der Waals surface area contributed by atoms with Crippen molar-refractivity contribution in [2.24, 2.45) is 11.7 Å². The zero-order valence-corrected chi connectivity index (χ0v) is 13.0. The molecule has 2 rings (SSSR count). The summed E-state index contributed by atoms with van der Waals surface area (Å²) in [6, 6.07) is 4.73. The highest BCUT2D eigenvalue weighted by atomic mass is 35.5. The largest absolute Gasteiger partial charge is 0.345 e. The lowest BCUT2D eigenvalue weighted by Crippen LogP contribution is -2.35. The first-order valence-corrected chi connectivity index (χ1v) is 7.35. The van der Waals surface area contributed by atoms with Gasteiger partial charge in [0.05, 0.1) is 17.2 Å². The van der Waals surface area contributed by atoms with Crippen molar-refractivity contribution in [3.05, 3.63) is 28.8 Å². The summed E-state index contributed by atoms with van der Waals surface area (Å²) in [6.45, 7) is 0. The Kier molecular flexibility index (Phi) is 4.85. The van der Waals surface area contributed by atoms with E-state index in [-0.39, 0.29) is 23.8 Å². The third kappa shape index (κ3) is 3.54. The molecule has 0 heterocycles. The van der Waals surface area contributed by atoms with E-state index in [1.54, 1.807) is 32.3 Å². The summed E-state index contributed by atoms with van der Waals surface area (Å²) in [5.74, 6) is -0.529. The summed E-state index contributed by atoms with van der Waals surface area (Å²) in [5.41, 5.74) is 6.80. The van der Waals surface area contributed by atoms with E-state index in [1.807, 2.05) is 0 Å². The summed E-state index contributed by atoms with van der Waals surface area (Å²) >= 11 is 5.97. The maximum Gasteiger partial charge on any atom is 0.255 e. The van der Waals surface area contributed by atoms with E-state index < -0.39 is 0 Å². The van der Waals surface area contributed by atoms with Crippen molar-refractivity contribution in [2.45, 2.75) is 25.3 Å². The second kappa shape index (κ2) is 6.45. The Labute approximate surface area is 129 Å². The minimum Gasteiger partial charge on any atom is -0.345 e. The highest BCUT2D eigenvalue weighted by Gasteiger charge is 2.30. The summed E-state index contributed by atoms with van der Waals surface area (Å²) < 4.78 is 0. The Morgan fingerprint density at radius 1 is 1.33 bits per heavy atom. The van der Waals surface area contributed by atoms with Crippen LogP contribution in [0.3, 0.4) is 0 Å². The third-order valence-corrected chi connectivity index (χ3v) is 4.02. The number of hydrogen-bond donors (Lipinski definition) is 2. The van der Waals surface area contributed by atoms with E-state index in [0.29, 0.717) is 16.3 Å². The van der Waals surface area contributed by atoms with Gasteiger partial charge in [0.1, 0.15) is 0 Å². The van der Waals surface area contributed by atoms with Crippen molar-refractivity contribution in [1.82, 2.24) is 4.90 Å². The molecule has 0 spiro atoms. The van der Waals surface area contributed by atoms with Gasteiger partial charge in [0.15, 0.2) is 0 Å². The molecule has 0 aromatic heterocycles. The molecule has 1 aliphatic carbocycles. The van der Waals surface area contributed by atoms with Crippen molar-refractivity contribution in [3.8, 4) is 0 Å². The number of hydrogen-bond acceptors (Lipinski definition) is 3. The second-order valence-electron chi connectivity index (χ2n) is 5.58. The number of carbonyl (C=O) groups excluding carboxylic acids is 2. The molecular weight excluding hydrogens is 290 g/mol. The highest BCUT2D eigenvalue weighted by Crippen LogP contribution is 2.27. The first-order valence-electron chi connectivity index (χ1n) is 6.98. The number of benzene rings is 1. The molecule has 2 atom stereocenters. The monoisotopic (exact) mass is 309 g/mol. The Hall–Kier alpha value is -1.59. The average Bonchev–Trinajstić information content (AvgIpc) is 2.84. The summed E-state index contributed by atoms with van der Waals surface area (Å²) in [7, 11) is 3.32. The Morgan fingerprint density at radius 2 is 2.05 bits per heavy atom. The molecule has 1 aliphatic rings. The minimum atomic E-state index is -0.203. The van der Waals surface area contributed by atoms with E-state index >= 15 is 0 Å². The third-order valence-electron chi connectivity index (χ3n) is 3.78. The first-order chi connectivity index (χ1) is 9.90. The molecule has 1 aromatic rings. The Balaban J connectivity index is 2.24. The van der Waals surface area contributed by atoms with Crippen molar-refractivity contribution in [2.75, 3.05) is 19.4 Å². The van der Waals surface area contributed by atoms with Gasteiger partial charge in [-0.2, -0.15) is 0 Å². The van der Waals surface area contributed by atoms with Crippen LogP contribution < -0.4 is 11.1 Å². The number of rotatable bonds is 3. The van der Waals surface area contributed by atoms with Gasteiger partial charge in [-0.05, 0) is 31.0 Å². The summed E-state index contributed by atoms with van der Waals surface area (Å²) in [4.78, 5) is 25.9. The molecule has 2 amide bonds. The lowest BCUT2D eigenvalue weighted by molar-refractivity contribution is -0.120. The van der Waals surface area contributed by atoms with E-state index in [0.717, 1.165) is 19.3 Å². The van der Waals surface area contributed by atoms with E-state index in [9.17, 15) is 9.59 Å². The molecule has 3 N–H and O–H groups in total. The summed E-state index contributed by atoms with van der Waals surface area (Å²) in [6.07, 6.45) is 2.60. The van der Waals surface area contributed by atoms with Crippen LogP contribution in [0.15, 0.2) is 18.2 Å². The lowest BCUT2D eigenvalue weighted by Gasteiger charge is -2.18. The van der Waals surface area contributed by atoms with Gasteiger partial charge in [0, 0.05) is 25.2 Å². The van der Waals surface area contributed by atoms with Crippen LogP contribution in [0.4, 0.5) is 5.69 Å². The van der Waals surface area contributed by atoms with Crippen LogP contribution in [-0.4, -0.2) is 36.9 Å². The standard InChI is InChI=1S/C15H20ClN3O2/c1-19(2)15(21)11-7-6-9(16)8-13(11)18-14(20)10-4-3-5-12(10)17/h6-8,10,12H,3-5,17H2,1-2H3,(H,18,20). The summed E-state index contributed by atoms with van der Waals surface area (Å²) in [5, 5.41) is 3.28. The van der Waals surface area contributed by atoms with Crippen LogP contribution in [-0.2, 0) is 4.79 Å². The molecule has 1 fully saturated rings. The zero-order valence-electron chi connectivity index (χ0n) is 12.2. The van der Waals surface area contributed by atoms with E-state index in [2.05, 4.69) is 5.32 Å². The van der Waals surface area contributed by atoms with Gasteiger partial charge in [-0.15, -0.1) is 0 Å². The Morgan fingerprint density at radius 3 is 2.62 bits per heavy atom. The molecule has 2 unspecified atom stereocenters. The molecular formula is C15H20ClN3O2. The predicted molar refractivity (Wildman–Crippen MR) is 83.4 cm³/mol. The smallest absolute Gasteiger partial charge is 0.255 e. The molecule has 6 heteroatoms. The van der Waals surface area contributed by atoms with Crippen molar-refractivity contribution in [1.29, 1.82) is 0 Å². The molecule has 21 heavy (non-hydrogen) atoms. The second-order valence-corrected chi connectivity index (χ2v) is 6.02. The lowest BCUT2D eigenvalue weighted by atomic mass is 10.0. The highest BCUT2D eigenvalue weighted by molar-refractivity contribution is 6.31. The topological polar surface area (TPSA) is 75.4 Å². The number of halogens is 1. The molecule has 0 saturated heterocycles. The van der Waals surface area contributed by atoms with Gasteiger partial charge in [0.25, 0.3) is 5.91 Å². The molecule has 114 valence electrons. The van der Waals surface area contributed by atoms with Gasteiger partial charge < -0.3 is 16.0 Å². The molecule has 1 saturated carbocycles. The molecule has 0 aliphatic heterocycles. The van der Waals surface area contributed by atoms with Gasteiger partial charge in [0.2, 0.25) is 5.91 Å². The van der Waals surface area contributed by atoms with Gasteiger partial charge in [-0.3, -0.25) is 9.59 Å². The number of anilines is 1. The fraction of sp³-hybridized carbons (Fsp3) is 0.467. The molecule has 0 bridgehead atoms. The maximum absolute atomic E-state index is 12.3. The van der Waals surface area contributed by atoms with Crippen molar-refractivity contribution < 1.29 is 9.59 Å². The van der Waals surface area contributed by atoms with Crippen molar-refractivity contribution >= 4 is 29.1 Å². The average molecular weight is 310 g/mol. The first kappa shape index (κ1) is 15.8. The van der Waals surface area contributed by atoms with Crippen LogP contribution in [0.25, 0.3) is 0 Å². The number of carbonyl (C=O) groups is 2. The minimum absolute atomic E-state index is 0.114. The van der Waals surface area contributed by atoms with Crippen LogP contribution >= 0.6 is 11.6 Å². The number of nitrogens with zero attached hydrogens (tertiary/aromatic N) is 1. The van der Waals surface area contributed by atoms with Crippen LogP contribution in [0.5, 0.6) is 0 Å². The van der Waals surface area contributed by atoms with Crippen LogP contribution in [0.2, 0.25) is 5.02 Å². The predicted octanol–water partition coefficient (Wildman–Crippen LogP) is 2.11. The molecule has 5 nitrogen and oxygen atoms in total. The fourth-order valence-corrected chi connectivity index (χ4v) is 2.76. The van der Waals surface area contributed by atoms with Crippen LogP contribution in [0.1, 0.15) is 29.6 Å². The van der Waals surface area contributed by atoms with Gasteiger partial charge in [-0.1, -0.05) is 18.0 Å². The SMILES string of the molecule is CN(C)C(=O)c1ccc(Cl)cc1NC(=O)C1CCCC1N. The zero-order chi connectivity index (χ0) is 15.6. The normalized spacial score (nSPS) is 21.1. The van der Waals surface area contributed by atoms with E-state index in [4.69, 9.17) is 17.3 Å². The molecule has 1 aromatic carbocycles. The molecule has 0 radical (unpaired) electrons. The Bertz CT molecular complexity index is 560. The number of nitrogens with one attached hydrogen (secondary N) is 1. The fourth-order valence-electron chi connectivity index (χ4n) is 2.59. The number of nitrogens with two attached hydrogens (primary N) is 1. The van der Waals surface area contributed by atoms with Crippen molar-refractivity contribution in [3.63, 3.8) is 0 Å². The van der Waals surface area contributed by atoms with Gasteiger partial charge in [-0.25, -0.2) is 0 Å². The van der Waals surface area contributed by atoms with Crippen LogP contribution in [0, 0.1) is 5.92 Å². The quantitative estimate of drug-likeness (QED) is 0.898. The maximum atomic E-state index is 12.3. The van der Waals surface area contributed by atoms with E-state index in [1.165, 1.54) is 4.90 Å². The number of amides is 2.